The number of hydrogen-bond acceptors (Lipinski definition) is 0. The maximum atomic E-state index is 4.89. The van der Waals surface area contributed by atoms with E-state index in [0.717, 1.165) is 5.56 Å². The molecular weight excluding hydrogens is 469 g/mol. The van der Waals surface area contributed by atoms with Gasteiger partial charge in [-0.3, -0.25) is 0 Å². The first-order valence-electron chi connectivity index (χ1n) is 10.8. The van der Waals surface area contributed by atoms with Crippen molar-refractivity contribution in [3.05, 3.63) is 127 Å². The Morgan fingerprint density at radius 3 is 1.97 bits per heavy atom. The molecule has 0 spiro atoms. The summed E-state index contributed by atoms with van der Waals surface area (Å²) in [6.07, 6.45) is 10.4. The Morgan fingerprint density at radius 1 is 0.812 bits per heavy atom. The average molecular weight is 499 g/mol. The molecule has 0 aromatic heterocycles. The molecular formula is C28H30Cl2NTi-3. The molecule has 0 saturated heterocycles. The van der Waals surface area contributed by atoms with E-state index in [1.54, 1.807) is 0 Å². The van der Waals surface area contributed by atoms with E-state index in [-0.39, 0.29) is 6.15 Å². The molecule has 0 radical (unpaired) electrons. The van der Waals surface area contributed by atoms with Crippen LogP contribution >= 0.6 is 18.6 Å². The zero-order valence-corrected chi connectivity index (χ0v) is 21.3. The third kappa shape index (κ3) is 7.54. The number of fused-ring (bicyclic) bond motifs is 1. The van der Waals surface area contributed by atoms with Gasteiger partial charge in [0.1, 0.15) is 0 Å². The molecule has 2 aliphatic carbocycles. The molecule has 0 bridgehead atoms. The number of hydrogen-bond donors (Lipinski definition) is 0. The van der Waals surface area contributed by atoms with E-state index in [2.05, 4.69) is 74.0 Å². The molecule has 4 heteroatoms. The maximum Gasteiger partial charge on any atom is -0.693 e. The summed E-state index contributed by atoms with van der Waals surface area (Å²) in [5.74, 6) is 1.26. The second kappa shape index (κ2) is 14.6. The monoisotopic (exact) mass is 498 g/mol. The molecule has 0 aliphatic heterocycles. The van der Waals surface area contributed by atoms with Gasteiger partial charge >= 0.3 is 35.6 Å². The van der Waals surface area contributed by atoms with Crippen molar-refractivity contribution in [1.29, 1.82) is 0 Å². The summed E-state index contributed by atoms with van der Waals surface area (Å²) in [5.41, 5.74) is 6.92. The van der Waals surface area contributed by atoms with Gasteiger partial charge in [0.15, 0.2) is 0 Å². The number of allylic oxidation sites excluding steroid dienone is 1. The fraction of sp³-hybridized carbons (Fsp3) is 0.214. The minimum absolute atomic E-state index is 0. The van der Waals surface area contributed by atoms with Gasteiger partial charge in [-0.1, -0.05) is 86.0 Å². The molecule has 2 N–H and O–H groups in total. The molecule has 32 heavy (non-hydrogen) atoms. The van der Waals surface area contributed by atoms with Crippen LogP contribution in [-0.2, 0) is 17.0 Å². The van der Waals surface area contributed by atoms with Crippen LogP contribution in [0.1, 0.15) is 53.9 Å². The van der Waals surface area contributed by atoms with Crippen LogP contribution in [0, 0.1) is 19.3 Å². The molecule has 2 unspecified atom stereocenters. The van der Waals surface area contributed by atoms with Crippen molar-refractivity contribution < 1.29 is 17.0 Å². The van der Waals surface area contributed by atoms with Crippen LogP contribution in [0.15, 0.2) is 84.9 Å². The van der Waals surface area contributed by atoms with Gasteiger partial charge in [-0.2, -0.15) is 37.0 Å². The van der Waals surface area contributed by atoms with Crippen LogP contribution in [-0.4, -0.2) is 0 Å². The second-order valence-corrected chi connectivity index (χ2v) is 10.4. The largest absolute Gasteiger partial charge is 0.693 e. The van der Waals surface area contributed by atoms with E-state index in [0.29, 0.717) is 11.8 Å². The molecule has 2 aliphatic rings. The van der Waals surface area contributed by atoms with Crippen molar-refractivity contribution in [3.8, 4) is 0 Å². The second-order valence-electron chi connectivity index (χ2n) is 7.81. The van der Waals surface area contributed by atoms with Gasteiger partial charge in [0.25, 0.3) is 0 Å². The van der Waals surface area contributed by atoms with Gasteiger partial charge in [0.2, 0.25) is 0 Å². The number of nitrogens with two attached hydrogens (primary N) is 1. The van der Waals surface area contributed by atoms with Crippen LogP contribution in [0.25, 0.3) is 17.8 Å². The van der Waals surface area contributed by atoms with Gasteiger partial charge in [0, 0.05) is 0 Å². The smallest absolute Gasteiger partial charge is 0.693 e. The Labute approximate surface area is 210 Å². The fourth-order valence-electron chi connectivity index (χ4n) is 4.46. The number of benzene rings is 3. The molecule has 1 fully saturated rings. The van der Waals surface area contributed by atoms with Gasteiger partial charge in [0.05, 0.1) is 0 Å². The van der Waals surface area contributed by atoms with E-state index in [1.165, 1.54) is 47.9 Å². The Hall–Kier alpha value is -1.48. The molecule has 168 valence electrons. The SMILES string of the molecule is C1=C(c2ccccc2)C(C2[CH-]CCCC2)c2ccccc21.[CH2-]c1ccccc1.[Cl][Ti][Cl].[NH2-]. The Balaban J connectivity index is 0.000000278. The Kier molecular flexibility index (Phi) is 12.2. The first kappa shape index (κ1) is 26.8. The molecule has 2 atom stereocenters. The van der Waals surface area contributed by atoms with E-state index < -0.39 is 17.0 Å². The number of rotatable bonds is 2. The Morgan fingerprint density at radius 2 is 1.41 bits per heavy atom. The van der Waals surface area contributed by atoms with Gasteiger partial charge in [-0.15, -0.1) is 12.1 Å². The van der Waals surface area contributed by atoms with Crippen LogP contribution in [0.5, 0.6) is 0 Å². The fourth-order valence-corrected chi connectivity index (χ4v) is 4.46. The zero-order valence-electron chi connectivity index (χ0n) is 18.3. The normalized spacial score (nSPS) is 18.4. The molecule has 5 rings (SSSR count). The molecule has 0 heterocycles. The van der Waals surface area contributed by atoms with Crippen LogP contribution in [0.3, 0.4) is 0 Å². The first-order valence-corrected chi connectivity index (χ1v) is 15.1. The van der Waals surface area contributed by atoms with E-state index in [4.69, 9.17) is 18.6 Å². The van der Waals surface area contributed by atoms with Crippen LogP contribution < -0.4 is 0 Å². The van der Waals surface area contributed by atoms with Crippen molar-refractivity contribution >= 4 is 30.3 Å². The van der Waals surface area contributed by atoms with E-state index in [9.17, 15) is 0 Å². The summed E-state index contributed by atoms with van der Waals surface area (Å²) in [6, 6.07) is 29.7. The summed E-state index contributed by atoms with van der Waals surface area (Å²) in [5, 5.41) is 0. The van der Waals surface area contributed by atoms with E-state index >= 15 is 0 Å². The summed E-state index contributed by atoms with van der Waals surface area (Å²) in [7, 11) is 9.78. The topological polar surface area (TPSA) is 33.5 Å². The van der Waals surface area contributed by atoms with Crippen LogP contribution in [0.4, 0.5) is 0 Å². The van der Waals surface area contributed by atoms with E-state index in [1.807, 2.05) is 30.3 Å². The maximum absolute atomic E-state index is 4.89. The number of halogens is 2. The molecule has 0 amide bonds. The molecule has 1 nitrogen and oxygen atoms in total. The summed E-state index contributed by atoms with van der Waals surface area (Å²) in [4.78, 5) is 0. The third-order valence-corrected chi connectivity index (χ3v) is 5.82. The van der Waals surface area contributed by atoms with Gasteiger partial charge in [-0.25, -0.2) is 0 Å². The summed E-state index contributed by atoms with van der Waals surface area (Å²) >= 11 is -0.556. The van der Waals surface area contributed by atoms with Crippen molar-refractivity contribution in [3.63, 3.8) is 0 Å². The van der Waals surface area contributed by atoms with Crippen molar-refractivity contribution in [2.24, 2.45) is 5.92 Å². The van der Waals surface area contributed by atoms with Gasteiger partial charge < -0.3 is 12.6 Å². The van der Waals surface area contributed by atoms with Crippen molar-refractivity contribution in [2.75, 3.05) is 0 Å². The molecule has 1 saturated carbocycles. The minimum Gasteiger partial charge on any atom is -0.693 e. The zero-order chi connectivity index (χ0) is 21.9. The van der Waals surface area contributed by atoms with Crippen LogP contribution in [0.2, 0.25) is 0 Å². The van der Waals surface area contributed by atoms with Gasteiger partial charge in [-0.05, 0) is 28.2 Å². The summed E-state index contributed by atoms with van der Waals surface area (Å²) < 4.78 is 0. The molecule has 3 aromatic rings. The first-order chi connectivity index (χ1) is 15.2. The Bertz CT molecular complexity index is 938. The molecule has 3 aromatic carbocycles. The minimum atomic E-state index is -0.556. The van der Waals surface area contributed by atoms with Crippen molar-refractivity contribution in [2.45, 2.75) is 31.6 Å². The predicted octanol–water partition coefficient (Wildman–Crippen LogP) is 9.68. The van der Waals surface area contributed by atoms with Crippen molar-refractivity contribution in [1.82, 2.24) is 0 Å². The standard InChI is InChI=1S/C21H21.C7H7.2ClH.H2N.Ti/c1-3-9-16(10-4-1)20-15-18-13-7-8-14-19(18)21(20)17-11-5-2-6-12-17;1-7-5-3-2-4-6-7;;;;/h1,3-4,7-11,13-15,17,21H,2,5-6,12H2;2-6H,1H2;2*1H;1H2;/q2*-1;;;-1;+2/p-2. The third-order valence-electron chi connectivity index (χ3n) is 5.82. The summed E-state index contributed by atoms with van der Waals surface area (Å²) in [6.45, 7) is 3.72. The average Bonchev–Trinajstić information content (AvgIpc) is 3.21. The predicted molar refractivity (Wildman–Crippen MR) is 138 cm³/mol. The quantitative estimate of drug-likeness (QED) is 0.249.